The van der Waals surface area contributed by atoms with E-state index in [0.29, 0.717) is 17.9 Å². The van der Waals surface area contributed by atoms with Crippen LogP contribution in [0.4, 0.5) is 11.4 Å². The smallest absolute Gasteiger partial charge is 0.300 e. The number of ether oxygens (including phenoxy) is 3. The molecule has 3 aromatic carbocycles. The number of ketones is 1. The summed E-state index contributed by atoms with van der Waals surface area (Å²) in [6, 6.07) is 15.6. The van der Waals surface area contributed by atoms with Gasteiger partial charge in [-0.2, -0.15) is 0 Å². The van der Waals surface area contributed by atoms with E-state index in [9.17, 15) is 19.8 Å². The molecular weight excluding hydrogens is 488 g/mol. The lowest BCUT2D eigenvalue weighted by atomic mass is 9.94. The molecular formula is C29H30N2O7. The second kappa shape index (κ2) is 10.8. The van der Waals surface area contributed by atoms with Gasteiger partial charge in [0.25, 0.3) is 11.7 Å². The second-order valence-corrected chi connectivity index (χ2v) is 8.78. The van der Waals surface area contributed by atoms with E-state index < -0.39 is 23.5 Å². The van der Waals surface area contributed by atoms with Gasteiger partial charge in [-0.1, -0.05) is 12.1 Å². The van der Waals surface area contributed by atoms with Gasteiger partial charge < -0.3 is 29.3 Å². The van der Waals surface area contributed by atoms with Crippen LogP contribution in [-0.4, -0.2) is 56.8 Å². The number of rotatable bonds is 8. The topological polar surface area (TPSA) is 109 Å². The molecule has 4 rings (SSSR count). The summed E-state index contributed by atoms with van der Waals surface area (Å²) in [5.74, 6) is -1.49. The lowest BCUT2D eigenvalue weighted by molar-refractivity contribution is -0.132. The highest BCUT2D eigenvalue weighted by molar-refractivity contribution is 6.51. The zero-order valence-corrected chi connectivity index (χ0v) is 21.9. The van der Waals surface area contributed by atoms with Gasteiger partial charge in [0.2, 0.25) is 0 Å². The summed E-state index contributed by atoms with van der Waals surface area (Å²) >= 11 is 0. The van der Waals surface area contributed by atoms with Gasteiger partial charge in [-0.3, -0.25) is 14.5 Å². The van der Waals surface area contributed by atoms with Crippen LogP contribution in [0.15, 0.2) is 66.2 Å². The number of benzene rings is 3. The molecule has 1 aliphatic rings. The van der Waals surface area contributed by atoms with Crippen LogP contribution in [0.25, 0.3) is 5.76 Å². The fraction of sp³-hybridized carbons (Fsp3) is 0.241. The predicted molar refractivity (Wildman–Crippen MR) is 144 cm³/mol. The van der Waals surface area contributed by atoms with Crippen molar-refractivity contribution < 1.29 is 34.0 Å². The Hall–Kier alpha value is -4.66. The van der Waals surface area contributed by atoms with E-state index in [1.165, 1.54) is 25.2 Å². The summed E-state index contributed by atoms with van der Waals surface area (Å²) in [4.78, 5) is 30.3. The van der Waals surface area contributed by atoms with Gasteiger partial charge >= 0.3 is 0 Å². The van der Waals surface area contributed by atoms with Crippen molar-refractivity contribution in [1.82, 2.24) is 0 Å². The van der Waals surface area contributed by atoms with E-state index in [0.717, 1.165) is 5.69 Å². The number of aromatic hydroxyl groups is 1. The monoisotopic (exact) mass is 518 g/mol. The van der Waals surface area contributed by atoms with E-state index in [2.05, 4.69) is 0 Å². The first kappa shape index (κ1) is 26.4. The number of aliphatic hydroxyl groups is 1. The van der Waals surface area contributed by atoms with Crippen LogP contribution in [0.2, 0.25) is 0 Å². The zero-order chi connectivity index (χ0) is 27.6. The van der Waals surface area contributed by atoms with Crippen molar-refractivity contribution >= 4 is 28.8 Å². The largest absolute Gasteiger partial charge is 0.506 e. The highest BCUT2D eigenvalue weighted by Gasteiger charge is 2.47. The number of anilines is 2. The highest BCUT2D eigenvalue weighted by atomic mass is 16.5. The van der Waals surface area contributed by atoms with Gasteiger partial charge in [-0.25, -0.2) is 0 Å². The molecule has 0 saturated carbocycles. The van der Waals surface area contributed by atoms with E-state index >= 15 is 0 Å². The van der Waals surface area contributed by atoms with Crippen molar-refractivity contribution in [2.75, 3.05) is 44.7 Å². The summed E-state index contributed by atoms with van der Waals surface area (Å²) < 4.78 is 16.5. The molecule has 0 aliphatic carbocycles. The number of carbonyl (C=O) groups excluding carboxylic acids is 2. The molecule has 9 nitrogen and oxygen atoms in total. The molecule has 1 unspecified atom stereocenters. The second-order valence-electron chi connectivity index (χ2n) is 8.78. The van der Waals surface area contributed by atoms with E-state index in [-0.39, 0.29) is 34.1 Å². The van der Waals surface area contributed by atoms with Gasteiger partial charge in [0.15, 0.2) is 11.5 Å². The quantitative estimate of drug-likeness (QED) is 0.255. The maximum Gasteiger partial charge on any atom is 0.300 e. The Morgan fingerprint density at radius 2 is 1.58 bits per heavy atom. The Kier molecular flexibility index (Phi) is 7.47. The van der Waals surface area contributed by atoms with Crippen LogP contribution in [0, 0.1) is 0 Å². The van der Waals surface area contributed by atoms with Crippen molar-refractivity contribution in [2.24, 2.45) is 0 Å². The Labute approximate surface area is 221 Å². The van der Waals surface area contributed by atoms with Crippen LogP contribution in [0.3, 0.4) is 0 Å². The summed E-state index contributed by atoms with van der Waals surface area (Å²) in [6.45, 7) is 2.07. The molecule has 3 aromatic rings. The van der Waals surface area contributed by atoms with Crippen LogP contribution in [-0.2, 0) is 9.59 Å². The van der Waals surface area contributed by atoms with Crippen molar-refractivity contribution in [3.05, 3.63) is 77.4 Å². The number of phenolic OH excluding ortho intramolecular Hbond substituents is 1. The van der Waals surface area contributed by atoms with Crippen molar-refractivity contribution in [1.29, 1.82) is 0 Å². The standard InChI is InChI=1S/C29H30N2O7/c1-6-38-23-16-17(10-15-20(23)32)26-25(27(33)24-21(36-4)8-7-9-22(24)37-5)28(34)29(35)31(26)19-13-11-18(12-14-19)30(2)3/h7-16,26,32-33H,6H2,1-5H3/b27-25+. The molecule has 38 heavy (non-hydrogen) atoms. The number of carbonyl (C=O) groups is 2. The van der Waals surface area contributed by atoms with Gasteiger partial charge in [0.05, 0.1) is 32.4 Å². The molecule has 1 saturated heterocycles. The summed E-state index contributed by atoms with van der Waals surface area (Å²) in [7, 11) is 6.66. The molecule has 0 bridgehead atoms. The van der Waals surface area contributed by atoms with Crippen molar-refractivity contribution in [2.45, 2.75) is 13.0 Å². The fourth-order valence-electron chi connectivity index (χ4n) is 4.52. The number of hydrogen-bond donors (Lipinski definition) is 2. The maximum absolute atomic E-state index is 13.6. The molecule has 1 fully saturated rings. The SMILES string of the molecule is CCOc1cc(C2/C(=C(\O)c3c(OC)cccc3OC)C(=O)C(=O)N2c2ccc(N(C)C)cc2)ccc1O. The van der Waals surface area contributed by atoms with Gasteiger partial charge in [0.1, 0.15) is 22.8 Å². The number of phenols is 1. The van der Waals surface area contributed by atoms with Gasteiger partial charge in [-0.15, -0.1) is 0 Å². The highest BCUT2D eigenvalue weighted by Crippen LogP contribution is 2.46. The molecule has 2 N–H and O–H groups in total. The molecule has 198 valence electrons. The number of nitrogens with zero attached hydrogens (tertiary/aromatic N) is 2. The van der Waals surface area contributed by atoms with Crippen molar-refractivity contribution in [3.63, 3.8) is 0 Å². The number of methoxy groups -OCH3 is 2. The minimum Gasteiger partial charge on any atom is -0.506 e. The van der Waals surface area contributed by atoms with Crippen molar-refractivity contribution in [3.8, 4) is 23.0 Å². The summed E-state index contributed by atoms with van der Waals surface area (Å²) in [5, 5.41) is 21.9. The Bertz CT molecular complexity index is 1370. The Balaban J connectivity index is 2.00. The van der Waals surface area contributed by atoms with E-state index in [1.807, 2.05) is 31.1 Å². The normalized spacial score (nSPS) is 16.4. The lowest BCUT2D eigenvalue weighted by Crippen LogP contribution is -2.29. The summed E-state index contributed by atoms with van der Waals surface area (Å²) in [5.41, 5.74) is 1.82. The minimum absolute atomic E-state index is 0.0886. The van der Waals surface area contributed by atoms with E-state index in [1.54, 1.807) is 49.4 Å². The number of amides is 1. The first-order chi connectivity index (χ1) is 18.2. The predicted octanol–water partition coefficient (Wildman–Crippen LogP) is 4.50. The lowest BCUT2D eigenvalue weighted by Gasteiger charge is -2.26. The third-order valence-electron chi connectivity index (χ3n) is 6.35. The molecule has 1 aliphatic heterocycles. The average molecular weight is 519 g/mol. The minimum atomic E-state index is -1.03. The number of Topliss-reactive ketones (excluding diaryl/α,β-unsaturated/α-hetero) is 1. The van der Waals surface area contributed by atoms with Gasteiger partial charge in [-0.05, 0) is 61.0 Å². The third kappa shape index (κ3) is 4.58. The fourth-order valence-corrected chi connectivity index (χ4v) is 4.52. The van der Waals surface area contributed by atoms with Crippen LogP contribution in [0.1, 0.15) is 24.1 Å². The molecule has 0 aromatic heterocycles. The van der Waals surface area contributed by atoms with Crippen LogP contribution in [0.5, 0.6) is 23.0 Å². The third-order valence-corrected chi connectivity index (χ3v) is 6.35. The number of hydrogen-bond acceptors (Lipinski definition) is 8. The molecule has 1 atom stereocenters. The molecule has 0 spiro atoms. The maximum atomic E-state index is 13.6. The number of aliphatic hydroxyl groups excluding tert-OH is 1. The molecule has 9 heteroatoms. The average Bonchev–Trinajstić information content (AvgIpc) is 3.19. The Morgan fingerprint density at radius 3 is 2.13 bits per heavy atom. The summed E-state index contributed by atoms with van der Waals surface area (Å²) in [6.07, 6.45) is 0. The zero-order valence-electron chi connectivity index (χ0n) is 21.9. The first-order valence-corrected chi connectivity index (χ1v) is 12.0. The van der Waals surface area contributed by atoms with Gasteiger partial charge in [0, 0.05) is 25.5 Å². The molecule has 1 amide bonds. The van der Waals surface area contributed by atoms with Crippen LogP contribution >= 0.6 is 0 Å². The van der Waals surface area contributed by atoms with Crippen LogP contribution < -0.4 is 24.0 Å². The Morgan fingerprint density at radius 1 is 0.947 bits per heavy atom. The molecule has 1 heterocycles. The molecule has 0 radical (unpaired) electrons. The van der Waals surface area contributed by atoms with E-state index in [4.69, 9.17) is 14.2 Å². The first-order valence-electron chi connectivity index (χ1n) is 12.0.